The fraction of sp³-hybridized carbons (Fsp3) is 0.467. The standard InChI is InChI=1S/C15H19F2N3O3/c16-13(17)10-19-4-6-20(7-5-19)15(23)18-9-11-2-1-3-12(8-11)14(21)22/h1-3,8,13H,4-7,9-10H2,(H,18,23)(H,21,22). The molecule has 23 heavy (non-hydrogen) atoms. The zero-order valence-electron chi connectivity index (χ0n) is 12.5. The van der Waals surface area contributed by atoms with E-state index in [4.69, 9.17) is 5.11 Å². The Morgan fingerprint density at radius 1 is 1.22 bits per heavy atom. The molecule has 0 aliphatic carbocycles. The molecule has 2 amide bonds. The fourth-order valence-electron chi connectivity index (χ4n) is 2.43. The maximum absolute atomic E-state index is 12.3. The van der Waals surface area contributed by atoms with Crippen LogP contribution in [0.2, 0.25) is 0 Å². The average Bonchev–Trinajstić information content (AvgIpc) is 2.53. The summed E-state index contributed by atoms with van der Waals surface area (Å²) >= 11 is 0. The molecule has 0 atom stereocenters. The summed E-state index contributed by atoms with van der Waals surface area (Å²) in [6.07, 6.45) is -2.36. The number of nitrogens with zero attached hydrogens (tertiary/aromatic N) is 2. The number of alkyl halides is 2. The van der Waals surface area contributed by atoms with Gasteiger partial charge in [0.2, 0.25) is 0 Å². The Bertz CT molecular complexity index is 561. The van der Waals surface area contributed by atoms with E-state index < -0.39 is 12.4 Å². The molecule has 1 heterocycles. The predicted octanol–water partition coefficient (Wildman–Crippen LogP) is 1.48. The number of piperazine rings is 1. The fourth-order valence-corrected chi connectivity index (χ4v) is 2.43. The molecule has 2 rings (SSSR count). The van der Waals surface area contributed by atoms with Crippen molar-refractivity contribution in [2.24, 2.45) is 0 Å². The predicted molar refractivity (Wildman–Crippen MR) is 79.7 cm³/mol. The molecule has 1 aromatic rings. The molecule has 1 aromatic carbocycles. The summed E-state index contributed by atoms with van der Waals surface area (Å²) in [4.78, 5) is 26.1. The van der Waals surface area contributed by atoms with Gasteiger partial charge in [-0.15, -0.1) is 0 Å². The van der Waals surface area contributed by atoms with E-state index in [0.29, 0.717) is 31.7 Å². The highest BCUT2D eigenvalue weighted by Gasteiger charge is 2.22. The van der Waals surface area contributed by atoms with Gasteiger partial charge >= 0.3 is 12.0 Å². The van der Waals surface area contributed by atoms with Crippen LogP contribution in [0.3, 0.4) is 0 Å². The number of carbonyl (C=O) groups excluding carboxylic acids is 1. The highest BCUT2D eigenvalue weighted by atomic mass is 19.3. The van der Waals surface area contributed by atoms with Crippen molar-refractivity contribution < 1.29 is 23.5 Å². The number of hydrogen-bond donors (Lipinski definition) is 2. The van der Waals surface area contributed by atoms with Gasteiger partial charge in [-0.3, -0.25) is 4.90 Å². The minimum absolute atomic E-state index is 0.164. The molecule has 0 saturated carbocycles. The Balaban J connectivity index is 1.79. The van der Waals surface area contributed by atoms with E-state index in [2.05, 4.69) is 5.32 Å². The Morgan fingerprint density at radius 2 is 1.91 bits per heavy atom. The van der Waals surface area contributed by atoms with Gasteiger partial charge in [-0.2, -0.15) is 0 Å². The molecule has 1 fully saturated rings. The highest BCUT2D eigenvalue weighted by Crippen LogP contribution is 2.07. The molecule has 1 aliphatic heterocycles. The van der Waals surface area contributed by atoms with Gasteiger partial charge in [-0.05, 0) is 17.7 Å². The number of aromatic carboxylic acids is 1. The normalized spacial score (nSPS) is 15.7. The van der Waals surface area contributed by atoms with Crippen molar-refractivity contribution in [3.8, 4) is 0 Å². The number of nitrogens with one attached hydrogen (secondary N) is 1. The van der Waals surface area contributed by atoms with E-state index in [1.54, 1.807) is 21.9 Å². The van der Waals surface area contributed by atoms with Gasteiger partial charge in [-0.1, -0.05) is 12.1 Å². The number of urea groups is 1. The minimum atomic E-state index is -2.36. The van der Waals surface area contributed by atoms with Crippen LogP contribution in [0.15, 0.2) is 24.3 Å². The van der Waals surface area contributed by atoms with Crippen molar-refractivity contribution in [1.29, 1.82) is 0 Å². The van der Waals surface area contributed by atoms with Crippen LogP contribution in [0.1, 0.15) is 15.9 Å². The van der Waals surface area contributed by atoms with Crippen molar-refractivity contribution in [1.82, 2.24) is 15.1 Å². The zero-order chi connectivity index (χ0) is 16.8. The molecular formula is C15H19F2N3O3. The smallest absolute Gasteiger partial charge is 0.335 e. The Hall–Kier alpha value is -2.22. The summed E-state index contributed by atoms with van der Waals surface area (Å²) in [5.74, 6) is -1.02. The molecule has 0 spiro atoms. The van der Waals surface area contributed by atoms with Gasteiger partial charge in [-0.25, -0.2) is 18.4 Å². The van der Waals surface area contributed by atoms with Crippen LogP contribution in [0, 0.1) is 0 Å². The van der Waals surface area contributed by atoms with Crippen LogP contribution in [-0.2, 0) is 6.54 Å². The maximum atomic E-state index is 12.3. The minimum Gasteiger partial charge on any atom is -0.478 e. The van der Waals surface area contributed by atoms with Gasteiger partial charge in [0.25, 0.3) is 6.43 Å². The first-order valence-corrected chi connectivity index (χ1v) is 7.31. The van der Waals surface area contributed by atoms with Gasteiger partial charge in [0.05, 0.1) is 12.1 Å². The van der Waals surface area contributed by atoms with Crippen LogP contribution < -0.4 is 5.32 Å². The molecule has 0 bridgehead atoms. The van der Waals surface area contributed by atoms with Crippen LogP contribution in [0.25, 0.3) is 0 Å². The first-order valence-electron chi connectivity index (χ1n) is 7.31. The quantitative estimate of drug-likeness (QED) is 0.859. The van der Waals surface area contributed by atoms with Crippen LogP contribution in [0.4, 0.5) is 13.6 Å². The maximum Gasteiger partial charge on any atom is 0.335 e. The topological polar surface area (TPSA) is 72.9 Å². The van der Waals surface area contributed by atoms with E-state index in [-0.39, 0.29) is 24.7 Å². The molecule has 0 unspecified atom stereocenters. The van der Waals surface area contributed by atoms with Gasteiger partial charge in [0.15, 0.2) is 0 Å². The number of carboxylic acid groups (broad SMARTS) is 1. The number of halogens is 2. The van der Waals surface area contributed by atoms with Crippen LogP contribution >= 0.6 is 0 Å². The summed E-state index contributed by atoms with van der Waals surface area (Å²) in [5.41, 5.74) is 0.854. The van der Waals surface area contributed by atoms with Gasteiger partial charge < -0.3 is 15.3 Å². The average molecular weight is 327 g/mol. The summed E-state index contributed by atoms with van der Waals surface area (Å²) in [6.45, 7) is 1.59. The number of amides is 2. The van der Waals surface area contributed by atoms with Gasteiger partial charge in [0, 0.05) is 32.7 Å². The number of rotatable bonds is 5. The monoisotopic (exact) mass is 327 g/mol. The Morgan fingerprint density at radius 3 is 2.52 bits per heavy atom. The van der Waals surface area contributed by atoms with Crippen molar-refractivity contribution in [2.75, 3.05) is 32.7 Å². The third-order valence-corrected chi connectivity index (χ3v) is 3.67. The van der Waals surface area contributed by atoms with E-state index in [9.17, 15) is 18.4 Å². The van der Waals surface area contributed by atoms with E-state index in [0.717, 1.165) is 0 Å². The summed E-state index contributed by atoms with van der Waals surface area (Å²) in [7, 11) is 0. The van der Waals surface area contributed by atoms with Crippen LogP contribution in [0.5, 0.6) is 0 Å². The lowest BCUT2D eigenvalue weighted by Gasteiger charge is -2.34. The summed E-state index contributed by atoms with van der Waals surface area (Å²) in [6, 6.07) is 6.06. The molecule has 0 radical (unpaired) electrons. The van der Waals surface area contributed by atoms with Gasteiger partial charge in [0.1, 0.15) is 0 Å². The molecule has 0 aromatic heterocycles. The number of hydrogen-bond acceptors (Lipinski definition) is 3. The molecule has 1 saturated heterocycles. The van der Waals surface area contributed by atoms with Crippen LogP contribution in [-0.4, -0.2) is 66.1 Å². The first-order chi connectivity index (χ1) is 11.0. The second-order valence-corrected chi connectivity index (χ2v) is 5.34. The molecule has 1 aliphatic rings. The Kier molecular flexibility index (Phi) is 5.86. The van der Waals surface area contributed by atoms with Crippen molar-refractivity contribution >= 4 is 12.0 Å². The summed E-state index contributed by atoms with van der Waals surface area (Å²) < 4.78 is 24.6. The number of carboxylic acids is 1. The second kappa shape index (κ2) is 7.87. The zero-order valence-corrected chi connectivity index (χ0v) is 12.5. The third-order valence-electron chi connectivity index (χ3n) is 3.67. The van der Waals surface area contributed by atoms with Crippen molar-refractivity contribution in [3.63, 3.8) is 0 Å². The van der Waals surface area contributed by atoms with Crippen molar-refractivity contribution in [2.45, 2.75) is 13.0 Å². The lowest BCUT2D eigenvalue weighted by molar-refractivity contribution is 0.0635. The van der Waals surface area contributed by atoms with Crippen molar-refractivity contribution in [3.05, 3.63) is 35.4 Å². The molecule has 126 valence electrons. The molecule has 8 heteroatoms. The third kappa shape index (κ3) is 5.17. The lowest BCUT2D eigenvalue weighted by Crippen LogP contribution is -2.52. The largest absolute Gasteiger partial charge is 0.478 e. The number of carbonyl (C=O) groups is 2. The first kappa shape index (κ1) is 17.1. The molecule has 2 N–H and O–H groups in total. The SMILES string of the molecule is O=C(O)c1cccc(CNC(=O)N2CCN(CC(F)F)CC2)c1. The van der Waals surface area contributed by atoms with E-state index >= 15 is 0 Å². The molecular weight excluding hydrogens is 308 g/mol. The summed E-state index contributed by atoms with van der Waals surface area (Å²) in [5, 5.41) is 11.6. The lowest BCUT2D eigenvalue weighted by atomic mass is 10.1. The second-order valence-electron chi connectivity index (χ2n) is 5.34. The highest BCUT2D eigenvalue weighted by molar-refractivity contribution is 5.87. The Labute approximate surface area is 132 Å². The molecule has 6 nitrogen and oxygen atoms in total. The number of benzene rings is 1. The van der Waals surface area contributed by atoms with E-state index in [1.807, 2.05) is 0 Å². The van der Waals surface area contributed by atoms with E-state index in [1.165, 1.54) is 12.1 Å².